The van der Waals surface area contributed by atoms with Crippen LogP contribution in [0.4, 0.5) is 0 Å². The summed E-state index contributed by atoms with van der Waals surface area (Å²) in [6.07, 6.45) is 6.54. The predicted octanol–water partition coefficient (Wildman–Crippen LogP) is 5.18. The summed E-state index contributed by atoms with van der Waals surface area (Å²) in [6, 6.07) is 36.5. The topological polar surface area (TPSA) is 7.76 Å². The highest BCUT2D eigenvalue weighted by atomic mass is 14.9. The summed E-state index contributed by atoms with van der Waals surface area (Å²) >= 11 is 0. The first-order valence-electron chi connectivity index (χ1n) is 10.4. The van der Waals surface area contributed by atoms with Gasteiger partial charge in [0.25, 0.3) is 0 Å². The van der Waals surface area contributed by atoms with Crippen LogP contribution in [0, 0.1) is 0 Å². The third-order valence-electron chi connectivity index (χ3n) is 5.53. The van der Waals surface area contributed by atoms with Crippen molar-refractivity contribution in [3.05, 3.63) is 133 Å². The normalized spacial score (nSPS) is 10.9. The van der Waals surface area contributed by atoms with Gasteiger partial charge in [-0.1, -0.05) is 72.8 Å². The molecule has 3 aromatic carbocycles. The Kier molecular flexibility index (Phi) is 5.05. The van der Waals surface area contributed by atoms with Crippen molar-refractivity contribution in [3.8, 4) is 11.1 Å². The average Bonchev–Trinajstić information content (AvgIpc) is 2.81. The second-order valence-electron chi connectivity index (χ2n) is 7.60. The number of fused-ring (bicyclic) bond motifs is 1. The number of hydrogen-bond acceptors (Lipinski definition) is 0. The van der Waals surface area contributed by atoms with Crippen LogP contribution in [0.1, 0.15) is 11.1 Å². The Morgan fingerprint density at radius 2 is 1.10 bits per heavy atom. The Morgan fingerprint density at radius 3 is 1.80 bits per heavy atom. The van der Waals surface area contributed by atoms with Gasteiger partial charge in [-0.3, -0.25) is 0 Å². The van der Waals surface area contributed by atoms with Gasteiger partial charge in [-0.2, -0.15) is 4.57 Å². The summed E-state index contributed by atoms with van der Waals surface area (Å²) in [5, 5.41) is 1.27. The van der Waals surface area contributed by atoms with Gasteiger partial charge in [0.1, 0.15) is 0 Å². The van der Waals surface area contributed by atoms with Crippen LogP contribution in [-0.2, 0) is 13.1 Å². The molecule has 5 rings (SSSR count). The SMILES string of the molecule is c1ccc(C[n+]2ccc(-c3cc[n+](Cc4ccccc4)c4ccccc34)cc2)cc1. The third kappa shape index (κ3) is 3.85. The standard InChI is InChI=1S/C28H24N2/c1-3-9-23(10-4-1)21-29-18-15-25(16-19-29)26-17-20-30(22-24-11-5-2-6-12-24)28-14-8-7-13-27(26)28/h1-20H,21-22H2/q+2. The number of pyridine rings is 2. The molecule has 0 unspecified atom stereocenters. The summed E-state index contributed by atoms with van der Waals surface area (Å²) in [6.45, 7) is 1.75. The summed E-state index contributed by atoms with van der Waals surface area (Å²) in [5.74, 6) is 0. The van der Waals surface area contributed by atoms with E-state index in [0.29, 0.717) is 0 Å². The number of rotatable bonds is 5. The van der Waals surface area contributed by atoms with Gasteiger partial charge < -0.3 is 0 Å². The van der Waals surface area contributed by atoms with Crippen LogP contribution in [0.2, 0.25) is 0 Å². The van der Waals surface area contributed by atoms with Crippen molar-refractivity contribution in [3.63, 3.8) is 0 Å². The molecule has 2 nitrogen and oxygen atoms in total. The second-order valence-corrected chi connectivity index (χ2v) is 7.60. The van der Waals surface area contributed by atoms with Gasteiger partial charge in [-0.05, 0) is 11.6 Å². The van der Waals surface area contributed by atoms with E-state index in [4.69, 9.17) is 0 Å². The number of para-hydroxylation sites is 1. The van der Waals surface area contributed by atoms with Gasteiger partial charge in [-0.25, -0.2) is 4.57 Å². The predicted molar refractivity (Wildman–Crippen MR) is 121 cm³/mol. The number of nitrogens with zero attached hydrogens (tertiary/aromatic N) is 2. The van der Waals surface area contributed by atoms with Crippen LogP contribution in [0.15, 0.2) is 122 Å². The molecule has 0 aliphatic rings. The van der Waals surface area contributed by atoms with Gasteiger partial charge >= 0.3 is 0 Å². The van der Waals surface area contributed by atoms with E-state index in [9.17, 15) is 0 Å². The first kappa shape index (κ1) is 18.3. The lowest BCUT2D eigenvalue weighted by molar-refractivity contribution is -0.688. The first-order valence-corrected chi connectivity index (χ1v) is 10.4. The Labute approximate surface area is 177 Å². The van der Waals surface area contributed by atoms with Gasteiger partial charge in [0.15, 0.2) is 31.7 Å². The minimum atomic E-state index is 0.869. The molecule has 2 aromatic heterocycles. The quantitative estimate of drug-likeness (QED) is 0.367. The van der Waals surface area contributed by atoms with E-state index >= 15 is 0 Å². The van der Waals surface area contributed by atoms with Crippen molar-refractivity contribution in [2.75, 3.05) is 0 Å². The lowest BCUT2D eigenvalue weighted by Crippen LogP contribution is -2.35. The zero-order chi connectivity index (χ0) is 20.2. The Bertz CT molecular complexity index is 1260. The van der Waals surface area contributed by atoms with Crippen LogP contribution in [0.5, 0.6) is 0 Å². The Hall–Kier alpha value is -3.78. The van der Waals surface area contributed by atoms with Gasteiger partial charge in [-0.15, -0.1) is 0 Å². The van der Waals surface area contributed by atoms with Gasteiger partial charge in [0.2, 0.25) is 5.52 Å². The highest BCUT2D eigenvalue weighted by Crippen LogP contribution is 2.26. The zero-order valence-electron chi connectivity index (χ0n) is 16.9. The molecule has 0 atom stereocenters. The molecule has 144 valence electrons. The van der Waals surface area contributed by atoms with E-state index in [-0.39, 0.29) is 0 Å². The van der Waals surface area contributed by atoms with Crippen molar-refractivity contribution < 1.29 is 9.13 Å². The van der Waals surface area contributed by atoms with Gasteiger partial charge in [0, 0.05) is 41.0 Å². The molecule has 2 heteroatoms. The van der Waals surface area contributed by atoms with Crippen molar-refractivity contribution in [1.29, 1.82) is 0 Å². The van der Waals surface area contributed by atoms with E-state index < -0.39 is 0 Å². The number of aromatic nitrogens is 2. The van der Waals surface area contributed by atoms with Gasteiger partial charge in [0.05, 0.1) is 5.39 Å². The van der Waals surface area contributed by atoms with Crippen molar-refractivity contribution in [2.45, 2.75) is 13.1 Å². The summed E-state index contributed by atoms with van der Waals surface area (Å²) in [7, 11) is 0. The molecule has 0 saturated carbocycles. The molecule has 30 heavy (non-hydrogen) atoms. The van der Waals surface area contributed by atoms with Crippen LogP contribution in [0.25, 0.3) is 22.0 Å². The molecule has 0 saturated heterocycles. The molecule has 0 aliphatic heterocycles. The second kappa shape index (κ2) is 8.30. The highest BCUT2D eigenvalue weighted by molar-refractivity contribution is 5.92. The van der Waals surface area contributed by atoms with Crippen LogP contribution in [0.3, 0.4) is 0 Å². The molecule has 0 bridgehead atoms. The first-order chi connectivity index (χ1) is 14.9. The molecular formula is C28H24N2+2. The maximum atomic E-state index is 2.33. The molecule has 0 radical (unpaired) electrons. The van der Waals surface area contributed by atoms with E-state index in [2.05, 4.69) is 131 Å². The lowest BCUT2D eigenvalue weighted by Gasteiger charge is -2.07. The Balaban J connectivity index is 1.48. The molecule has 2 heterocycles. The molecule has 0 fully saturated rings. The fourth-order valence-electron chi connectivity index (χ4n) is 3.99. The fraction of sp³-hybridized carbons (Fsp3) is 0.0714. The molecule has 0 amide bonds. The third-order valence-corrected chi connectivity index (χ3v) is 5.53. The average molecular weight is 389 g/mol. The minimum Gasteiger partial charge on any atom is -0.201 e. The van der Waals surface area contributed by atoms with Crippen molar-refractivity contribution in [2.24, 2.45) is 0 Å². The van der Waals surface area contributed by atoms with Crippen LogP contribution in [-0.4, -0.2) is 0 Å². The van der Waals surface area contributed by atoms with E-state index in [1.807, 2.05) is 0 Å². The number of benzene rings is 3. The zero-order valence-corrected chi connectivity index (χ0v) is 16.9. The van der Waals surface area contributed by atoms with Crippen molar-refractivity contribution >= 4 is 10.9 Å². The maximum Gasteiger partial charge on any atom is 0.213 e. The smallest absolute Gasteiger partial charge is 0.201 e. The summed E-state index contributed by atoms with van der Waals surface area (Å²) in [5.41, 5.74) is 6.37. The number of hydrogen-bond donors (Lipinski definition) is 0. The summed E-state index contributed by atoms with van der Waals surface area (Å²) < 4.78 is 4.55. The van der Waals surface area contributed by atoms with E-state index in [1.165, 1.54) is 33.2 Å². The fourth-order valence-corrected chi connectivity index (χ4v) is 3.99. The Morgan fingerprint density at radius 1 is 0.500 bits per heavy atom. The summed E-state index contributed by atoms with van der Waals surface area (Å²) in [4.78, 5) is 0. The van der Waals surface area contributed by atoms with Crippen molar-refractivity contribution in [1.82, 2.24) is 0 Å². The monoisotopic (exact) mass is 388 g/mol. The molecular weight excluding hydrogens is 364 g/mol. The van der Waals surface area contributed by atoms with E-state index in [0.717, 1.165) is 13.1 Å². The minimum absolute atomic E-state index is 0.869. The molecule has 0 spiro atoms. The molecule has 0 N–H and O–H groups in total. The van der Waals surface area contributed by atoms with E-state index in [1.54, 1.807) is 0 Å². The highest BCUT2D eigenvalue weighted by Gasteiger charge is 2.15. The lowest BCUT2D eigenvalue weighted by atomic mass is 10.0. The molecule has 0 aliphatic carbocycles. The molecule has 5 aromatic rings. The van der Waals surface area contributed by atoms with Crippen LogP contribution >= 0.6 is 0 Å². The van der Waals surface area contributed by atoms with Crippen LogP contribution < -0.4 is 9.13 Å². The largest absolute Gasteiger partial charge is 0.213 e. The maximum absolute atomic E-state index is 2.33.